The van der Waals surface area contributed by atoms with Gasteiger partial charge in [0.25, 0.3) is 17.5 Å². The van der Waals surface area contributed by atoms with Crippen LogP contribution >= 0.6 is 0 Å². The Labute approximate surface area is 147 Å². The van der Waals surface area contributed by atoms with E-state index in [1.165, 1.54) is 6.07 Å². The number of nitrogens with one attached hydrogen (secondary N) is 1. The molecular weight excluding hydrogens is 342 g/mol. The number of nitrogens with zero attached hydrogens (tertiary/aromatic N) is 2. The molecule has 132 valence electrons. The van der Waals surface area contributed by atoms with Gasteiger partial charge in [-0.2, -0.15) is 5.06 Å². The maximum atomic E-state index is 12.5. The average molecular weight is 355 g/mol. The molecule has 0 aromatic heterocycles. The van der Waals surface area contributed by atoms with Crippen LogP contribution in [0.25, 0.3) is 0 Å². The van der Waals surface area contributed by atoms with Crippen LogP contribution in [0.5, 0.6) is 0 Å². The molecule has 0 aliphatic carbocycles. The predicted octanol–water partition coefficient (Wildman–Crippen LogP) is 1.37. The molecule has 1 atom stereocenters. The number of nitro groups is 1. The Morgan fingerprint density at radius 3 is 2.54 bits per heavy atom. The molecule has 2 aromatic rings. The minimum Gasteiger partial charge on any atom is -0.351 e. The molecule has 0 spiro atoms. The second-order valence-electron chi connectivity index (χ2n) is 5.62. The van der Waals surface area contributed by atoms with Crippen molar-refractivity contribution in [1.29, 1.82) is 0 Å². The maximum Gasteiger partial charge on any atom is 0.285 e. The first-order valence-electron chi connectivity index (χ1n) is 7.57. The van der Waals surface area contributed by atoms with Crippen LogP contribution in [0.2, 0.25) is 0 Å². The molecule has 0 bridgehead atoms. The van der Waals surface area contributed by atoms with Gasteiger partial charge in [0, 0.05) is 18.7 Å². The van der Waals surface area contributed by atoms with Gasteiger partial charge in [0.1, 0.15) is 5.92 Å². The molecule has 26 heavy (non-hydrogen) atoms. The molecule has 1 aliphatic rings. The van der Waals surface area contributed by atoms with Crippen molar-refractivity contribution in [3.8, 4) is 0 Å². The number of rotatable bonds is 4. The molecule has 0 saturated carbocycles. The SMILES string of the molecule is O=C(NCc1ccccc1)C1C(=O)N(O)C(=O)c2cc([N+](=O)[O-])ccc21. The summed E-state index contributed by atoms with van der Waals surface area (Å²) in [6, 6.07) is 12.2. The maximum absolute atomic E-state index is 12.5. The first-order chi connectivity index (χ1) is 12.4. The summed E-state index contributed by atoms with van der Waals surface area (Å²) in [5.74, 6) is -4.42. The lowest BCUT2D eigenvalue weighted by Gasteiger charge is -2.27. The Morgan fingerprint density at radius 2 is 1.88 bits per heavy atom. The predicted molar refractivity (Wildman–Crippen MR) is 87.1 cm³/mol. The summed E-state index contributed by atoms with van der Waals surface area (Å²) in [7, 11) is 0. The van der Waals surface area contributed by atoms with Crippen LogP contribution in [-0.4, -0.2) is 32.9 Å². The molecule has 1 aliphatic heterocycles. The van der Waals surface area contributed by atoms with Crippen molar-refractivity contribution in [2.45, 2.75) is 12.5 Å². The molecule has 0 radical (unpaired) electrons. The lowest BCUT2D eigenvalue weighted by molar-refractivity contribution is -0.384. The van der Waals surface area contributed by atoms with Crippen LogP contribution in [-0.2, 0) is 16.1 Å². The third kappa shape index (κ3) is 3.03. The van der Waals surface area contributed by atoms with E-state index in [9.17, 15) is 29.7 Å². The number of imide groups is 1. The standard InChI is InChI=1S/C17H13N3O6/c21-15(18-9-10-4-2-1-3-5-10)14-12-7-6-11(20(25)26)8-13(12)16(22)19(24)17(14)23/h1-8,14,24H,9H2,(H,18,21). The molecule has 9 nitrogen and oxygen atoms in total. The van der Waals surface area contributed by atoms with Crippen LogP contribution in [0, 0.1) is 10.1 Å². The molecule has 9 heteroatoms. The van der Waals surface area contributed by atoms with E-state index in [0.717, 1.165) is 17.7 Å². The molecule has 3 amide bonds. The first-order valence-corrected chi connectivity index (χ1v) is 7.57. The Kier molecular flexibility index (Phi) is 4.46. The van der Waals surface area contributed by atoms with E-state index in [0.29, 0.717) is 0 Å². The van der Waals surface area contributed by atoms with Crippen molar-refractivity contribution in [2.24, 2.45) is 0 Å². The van der Waals surface area contributed by atoms with E-state index < -0.39 is 28.6 Å². The fraction of sp³-hybridized carbons (Fsp3) is 0.118. The first kappa shape index (κ1) is 17.2. The van der Waals surface area contributed by atoms with E-state index >= 15 is 0 Å². The topological polar surface area (TPSA) is 130 Å². The summed E-state index contributed by atoms with van der Waals surface area (Å²) in [6.45, 7) is 0.144. The Hall–Kier alpha value is -3.59. The van der Waals surface area contributed by atoms with Gasteiger partial charge in [-0.15, -0.1) is 0 Å². The zero-order valence-electron chi connectivity index (χ0n) is 13.3. The number of carbonyl (C=O) groups excluding carboxylic acids is 3. The molecule has 1 heterocycles. The van der Waals surface area contributed by atoms with E-state index in [2.05, 4.69) is 5.32 Å². The summed E-state index contributed by atoms with van der Waals surface area (Å²) < 4.78 is 0. The number of nitro benzene ring substituents is 1. The second kappa shape index (κ2) is 6.73. The van der Waals surface area contributed by atoms with Crippen LogP contribution in [0.4, 0.5) is 5.69 Å². The number of fused-ring (bicyclic) bond motifs is 1. The highest BCUT2D eigenvalue weighted by molar-refractivity contribution is 6.18. The van der Waals surface area contributed by atoms with Gasteiger partial charge in [0.2, 0.25) is 5.91 Å². The summed E-state index contributed by atoms with van der Waals surface area (Å²) in [5, 5.41) is 23.0. The van der Waals surface area contributed by atoms with Crippen molar-refractivity contribution in [3.63, 3.8) is 0 Å². The Bertz CT molecular complexity index is 912. The van der Waals surface area contributed by atoms with Gasteiger partial charge in [0.15, 0.2) is 0 Å². The lowest BCUT2D eigenvalue weighted by Crippen LogP contribution is -2.47. The normalized spacial score (nSPS) is 16.2. The molecule has 0 saturated heterocycles. The van der Waals surface area contributed by atoms with Crippen molar-refractivity contribution < 1.29 is 24.5 Å². The Morgan fingerprint density at radius 1 is 1.19 bits per heavy atom. The summed E-state index contributed by atoms with van der Waals surface area (Å²) in [5.41, 5.74) is 0.163. The largest absolute Gasteiger partial charge is 0.351 e. The van der Waals surface area contributed by atoms with Gasteiger partial charge in [-0.1, -0.05) is 36.4 Å². The van der Waals surface area contributed by atoms with E-state index in [1.807, 2.05) is 6.07 Å². The van der Waals surface area contributed by atoms with Gasteiger partial charge >= 0.3 is 0 Å². The second-order valence-corrected chi connectivity index (χ2v) is 5.62. The smallest absolute Gasteiger partial charge is 0.285 e. The van der Waals surface area contributed by atoms with Gasteiger partial charge in [-0.3, -0.25) is 29.7 Å². The fourth-order valence-electron chi connectivity index (χ4n) is 2.70. The summed E-state index contributed by atoms with van der Waals surface area (Å²) in [6.07, 6.45) is 0. The Balaban J connectivity index is 1.92. The third-order valence-corrected chi connectivity index (χ3v) is 4.01. The minimum atomic E-state index is -1.47. The summed E-state index contributed by atoms with van der Waals surface area (Å²) in [4.78, 5) is 47.0. The zero-order chi connectivity index (χ0) is 18.8. The van der Waals surface area contributed by atoms with E-state index in [4.69, 9.17) is 0 Å². The third-order valence-electron chi connectivity index (χ3n) is 4.01. The fourth-order valence-corrected chi connectivity index (χ4v) is 2.70. The van der Waals surface area contributed by atoms with Gasteiger partial charge in [-0.25, -0.2) is 0 Å². The van der Waals surface area contributed by atoms with Crippen molar-refractivity contribution >= 4 is 23.4 Å². The number of non-ortho nitro benzene ring substituents is 1. The highest BCUT2D eigenvalue weighted by Crippen LogP contribution is 2.31. The molecule has 1 unspecified atom stereocenters. The zero-order valence-corrected chi connectivity index (χ0v) is 13.3. The molecule has 2 N–H and O–H groups in total. The lowest BCUT2D eigenvalue weighted by atomic mass is 9.88. The number of hydroxylamine groups is 2. The van der Waals surface area contributed by atoms with Crippen LogP contribution in [0.3, 0.4) is 0 Å². The molecule has 2 aromatic carbocycles. The van der Waals surface area contributed by atoms with Crippen molar-refractivity contribution in [1.82, 2.24) is 10.4 Å². The molecule has 0 fully saturated rings. The van der Waals surface area contributed by atoms with Gasteiger partial charge in [-0.05, 0) is 11.1 Å². The highest BCUT2D eigenvalue weighted by Gasteiger charge is 2.43. The summed E-state index contributed by atoms with van der Waals surface area (Å²) >= 11 is 0. The van der Waals surface area contributed by atoms with Crippen molar-refractivity contribution in [3.05, 3.63) is 75.3 Å². The number of carbonyl (C=O) groups is 3. The van der Waals surface area contributed by atoms with E-state index in [-0.39, 0.29) is 28.4 Å². The minimum absolute atomic E-state index is 0.0152. The molecular formula is C17H13N3O6. The number of hydrogen-bond donors (Lipinski definition) is 2. The molecule has 3 rings (SSSR count). The van der Waals surface area contributed by atoms with E-state index in [1.54, 1.807) is 24.3 Å². The van der Waals surface area contributed by atoms with Gasteiger partial charge < -0.3 is 5.32 Å². The van der Waals surface area contributed by atoms with Gasteiger partial charge in [0.05, 0.1) is 10.5 Å². The quantitative estimate of drug-likeness (QED) is 0.280. The monoisotopic (exact) mass is 355 g/mol. The highest BCUT2D eigenvalue weighted by atomic mass is 16.6. The van der Waals surface area contributed by atoms with Crippen LogP contribution in [0.15, 0.2) is 48.5 Å². The number of hydrogen-bond acceptors (Lipinski definition) is 6. The van der Waals surface area contributed by atoms with Crippen molar-refractivity contribution in [2.75, 3.05) is 0 Å². The number of benzene rings is 2. The average Bonchev–Trinajstić information content (AvgIpc) is 2.65. The van der Waals surface area contributed by atoms with Crippen LogP contribution in [0.1, 0.15) is 27.4 Å². The van der Waals surface area contributed by atoms with Crippen LogP contribution < -0.4 is 5.32 Å². The number of amides is 3.